The lowest BCUT2D eigenvalue weighted by Crippen LogP contribution is -2.34. The minimum Gasteiger partial charge on any atom is -0.493 e. The van der Waals surface area contributed by atoms with E-state index in [0.717, 1.165) is 42.6 Å². The van der Waals surface area contributed by atoms with E-state index in [-0.39, 0.29) is 23.1 Å². The average Bonchev–Trinajstić information content (AvgIpc) is 3.00. The van der Waals surface area contributed by atoms with Crippen LogP contribution in [0.4, 0.5) is 4.39 Å². The number of hydrogen-bond acceptors (Lipinski definition) is 3. The van der Waals surface area contributed by atoms with Gasteiger partial charge in [0.1, 0.15) is 11.3 Å². The van der Waals surface area contributed by atoms with Crippen LogP contribution in [0.25, 0.3) is 11.3 Å². The van der Waals surface area contributed by atoms with Gasteiger partial charge < -0.3 is 14.4 Å². The van der Waals surface area contributed by atoms with Crippen molar-refractivity contribution in [3.05, 3.63) is 51.1 Å². The van der Waals surface area contributed by atoms with Crippen LogP contribution < -0.4 is 10.2 Å². The third kappa shape index (κ3) is 3.04. The van der Waals surface area contributed by atoms with Crippen molar-refractivity contribution in [2.24, 2.45) is 5.41 Å². The van der Waals surface area contributed by atoms with Gasteiger partial charge in [-0.15, -0.1) is 0 Å². The van der Waals surface area contributed by atoms with Gasteiger partial charge in [0.15, 0.2) is 5.82 Å². The van der Waals surface area contributed by atoms with Crippen molar-refractivity contribution in [2.75, 3.05) is 6.61 Å². The molecule has 0 saturated heterocycles. The van der Waals surface area contributed by atoms with Gasteiger partial charge in [-0.3, -0.25) is 4.79 Å². The molecule has 1 aliphatic heterocycles. The van der Waals surface area contributed by atoms with E-state index in [0.29, 0.717) is 12.2 Å². The van der Waals surface area contributed by atoms with Crippen LogP contribution in [0.2, 0.25) is 0 Å². The Balaban J connectivity index is 1.98. The minimum atomic E-state index is -1.40. The van der Waals surface area contributed by atoms with E-state index in [1.807, 2.05) is 19.1 Å². The number of aryl methyl sites for hydroxylation is 1. The van der Waals surface area contributed by atoms with Crippen LogP contribution in [0.5, 0.6) is 5.75 Å². The van der Waals surface area contributed by atoms with E-state index in [1.54, 1.807) is 4.57 Å². The number of halogens is 1. The highest BCUT2D eigenvalue weighted by Crippen LogP contribution is 2.59. The molecule has 1 aromatic carbocycles. The lowest BCUT2D eigenvalue weighted by atomic mass is 9.77. The second-order valence-corrected chi connectivity index (χ2v) is 9.23. The summed E-state index contributed by atoms with van der Waals surface area (Å²) in [4.78, 5) is 24.1. The number of carbonyl (C=O) groups is 1. The molecule has 1 aromatic heterocycles. The lowest BCUT2D eigenvalue weighted by Gasteiger charge is -2.40. The van der Waals surface area contributed by atoms with Crippen molar-refractivity contribution in [3.63, 3.8) is 0 Å². The summed E-state index contributed by atoms with van der Waals surface area (Å²) in [6.07, 6.45) is 5.18. The van der Waals surface area contributed by atoms with Crippen molar-refractivity contribution in [1.82, 2.24) is 4.57 Å². The van der Waals surface area contributed by atoms with Crippen molar-refractivity contribution in [1.29, 1.82) is 0 Å². The van der Waals surface area contributed by atoms with Gasteiger partial charge in [0.25, 0.3) is 0 Å². The number of carboxylic acids is 1. The number of pyridine rings is 1. The molecule has 2 aromatic rings. The van der Waals surface area contributed by atoms with Crippen LogP contribution in [0.3, 0.4) is 0 Å². The second kappa shape index (κ2) is 7.25. The molecule has 0 spiro atoms. The van der Waals surface area contributed by atoms with Gasteiger partial charge in [-0.2, -0.15) is 0 Å². The molecule has 0 bridgehead atoms. The zero-order valence-electron chi connectivity index (χ0n) is 17.9. The fraction of sp³-hybridized carbons (Fsp3) is 0.500. The Morgan fingerprint density at radius 2 is 2.10 bits per heavy atom. The van der Waals surface area contributed by atoms with Crippen molar-refractivity contribution in [3.8, 4) is 17.0 Å². The molecule has 30 heavy (non-hydrogen) atoms. The summed E-state index contributed by atoms with van der Waals surface area (Å²) in [7, 11) is 0. The van der Waals surface area contributed by atoms with Gasteiger partial charge in [-0.1, -0.05) is 27.2 Å². The SMILES string of the molecule is CCCCOc1cc2c(cc1C)-c1c(F)c(=O)c(C(=O)O)cn1[C@H]1[C@@H]2CCC1(C)C. The Kier molecular flexibility index (Phi) is 4.99. The first-order valence-corrected chi connectivity index (χ1v) is 10.6. The predicted molar refractivity (Wildman–Crippen MR) is 113 cm³/mol. The van der Waals surface area contributed by atoms with Crippen LogP contribution in [0, 0.1) is 18.2 Å². The maximum atomic E-state index is 15.3. The Morgan fingerprint density at radius 3 is 2.77 bits per heavy atom. The number of unbranched alkanes of at least 4 members (excludes halogenated alkanes) is 1. The summed E-state index contributed by atoms with van der Waals surface area (Å²) >= 11 is 0. The molecule has 2 heterocycles. The minimum absolute atomic E-state index is 0.111. The van der Waals surface area contributed by atoms with E-state index in [9.17, 15) is 14.7 Å². The molecule has 160 valence electrons. The Bertz CT molecular complexity index is 1090. The molecule has 6 heteroatoms. The zero-order chi connectivity index (χ0) is 21.8. The molecule has 2 aliphatic rings. The summed E-state index contributed by atoms with van der Waals surface area (Å²) in [5, 5.41) is 9.44. The second-order valence-electron chi connectivity index (χ2n) is 9.23. The summed E-state index contributed by atoms with van der Waals surface area (Å²) in [6.45, 7) is 8.89. The number of fused-ring (bicyclic) bond motifs is 6. The quantitative estimate of drug-likeness (QED) is 0.676. The third-order valence-electron chi connectivity index (χ3n) is 6.75. The summed E-state index contributed by atoms with van der Waals surface area (Å²) in [5.41, 5.74) is 0.987. The molecule has 1 saturated carbocycles. The van der Waals surface area contributed by atoms with E-state index >= 15 is 4.39 Å². The number of nitrogens with zero attached hydrogens (tertiary/aromatic N) is 1. The first kappa shape index (κ1) is 20.6. The monoisotopic (exact) mass is 413 g/mol. The molecule has 5 nitrogen and oxygen atoms in total. The van der Waals surface area contributed by atoms with E-state index < -0.39 is 22.8 Å². The van der Waals surface area contributed by atoms with Crippen LogP contribution in [-0.2, 0) is 0 Å². The van der Waals surface area contributed by atoms with Crippen LogP contribution >= 0.6 is 0 Å². The fourth-order valence-corrected chi connectivity index (χ4v) is 5.20. The first-order chi connectivity index (χ1) is 14.2. The Labute approximate surface area is 175 Å². The van der Waals surface area contributed by atoms with Crippen molar-refractivity contribution in [2.45, 2.75) is 65.3 Å². The van der Waals surface area contributed by atoms with Crippen molar-refractivity contribution < 1.29 is 19.0 Å². The molecule has 1 aliphatic carbocycles. The molecule has 2 atom stereocenters. The zero-order valence-corrected chi connectivity index (χ0v) is 17.9. The Hall–Kier alpha value is -2.63. The lowest BCUT2D eigenvalue weighted by molar-refractivity contribution is 0.0692. The molecular formula is C24H28FNO4. The summed E-state index contributed by atoms with van der Waals surface area (Å²) in [6, 6.07) is 3.77. The smallest absolute Gasteiger partial charge is 0.341 e. The van der Waals surface area contributed by atoms with Gasteiger partial charge in [-0.25, -0.2) is 9.18 Å². The maximum absolute atomic E-state index is 15.3. The number of hydrogen-bond donors (Lipinski definition) is 1. The first-order valence-electron chi connectivity index (χ1n) is 10.6. The maximum Gasteiger partial charge on any atom is 0.341 e. The predicted octanol–water partition coefficient (Wildman–Crippen LogP) is 5.30. The highest BCUT2D eigenvalue weighted by molar-refractivity contribution is 5.88. The summed E-state index contributed by atoms with van der Waals surface area (Å²) < 4.78 is 23.1. The molecule has 0 unspecified atom stereocenters. The summed E-state index contributed by atoms with van der Waals surface area (Å²) in [5.74, 6) is -1.48. The molecule has 1 N–H and O–H groups in total. The highest BCUT2D eigenvalue weighted by atomic mass is 19.1. The van der Waals surface area contributed by atoms with E-state index in [1.165, 1.54) is 6.20 Å². The van der Waals surface area contributed by atoms with Crippen molar-refractivity contribution >= 4 is 5.97 Å². The molecule has 4 rings (SSSR count). The molecule has 1 fully saturated rings. The molecule has 0 radical (unpaired) electrons. The molecular weight excluding hydrogens is 385 g/mol. The van der Waals surface area contributed by atoms with Gasteiger partial charge in [0, 0.05) is 23.7 Å². The normalized spacial score (nSPS) is 21.0. The number of rotatable bonds is 5. The largest absolute Gasteiger partial charge is 0.493 e. The topological polar surface area (TPSA) is 68.5 Å². The highest BCUT2D eigenvalue weighted by Gasteiger charge is 2.48. The number of benzene rings is 1. The van der Waals surface area contributed by atoms with E-state index in [4.69, 9.17) is 4.74 Å². The molecule has 0 amide bonds. The van der Waals surface area contributed by atoms with Gasteiger partial charge >= 0.3 is 5.97 Å². The van der Waals surface area contributed by atoms with Gasteiger partial charge in [0.05, 0.1) is 12.3 Å². The third-order valence-corrected chi connectivity index (χ3v) is 6.75. The van der Waals surface area contributed by atoms with Gasteiger partial charge in [0.2, 0.25) is 5.43 Å². The van der Waals surface area contributed by atoms with Crippen LogP contribution in [0.1, 0.15) is 79.9 Å². The number of aromatic nitrogens is 1. The Morgan fingerprint density at radius 1 is 1.37 bits per heavy atom. The van der Waals surface area contributed by atoms with E-state index in [2.05, 4.69) is 20.8 Å². The standard InChI is InChI=1S/C24H28FNO4/c1-5-6-9-30-18-11-15-14-7-8-24(3,4)22(14)26-12-17(23(28)29)21(27)19(25)20(26)16(15)10-13(18)2/h10-12,14,22H,5-9H2,1-4H3,(H,28,29)/t14-,22+/m1/s1. The fourth-order valence-electron chi connectivity index (χ4n) is 5.20. The van der Waals surface area contributed by atoms with Crippen LogP contribution in [0.15, 0.2) is 23.1 Å². The number of carboxylic acid groups (broad SMARTS) is 1. The van der Waals surface area contributed by atoms with Gasteiger partial charge in [-0.05, 0) is 54.9 Å². The van der Waals surface area contributed by atoms with Crippen LogP contribution in [-0.4, -0.2) is 22.2 Å². The number of aromatic carboxylic acids is 1. The number of ether oxygens (including phenoxy) is 1. The average molecular weight is 413 g/mol.